The van der Waals surface area contributed by atoms with E-state index in [0.717, 1.165) is 0 Å². The van der Waals surface area contributed by atoms with Crippen LogP contribution in [-0.4, -0.2) is 88.6 Å². The quantitative estimate of drug-likeness (QED) is 0.599. The zero-order valence-corrected chi connectivity index (χ0v) is 11.4. The molecule has 0 radical (unpaired) electrons. The maximum absolute atomic E-state index is 3.56. The molecule has 0 bridgehead atoms. The van der Waals surface area contributed by atoms with Gasteiger partial charge >= 0.3 is 0 Å². The van der Waals surface area contributed by atoms with Crippen molar-refractivity contribution in [1.82, 2.24) is 24.9 Å². The normalized spacial score (nSPS) is 13.2. The largest absolute Gasteiger partial charge is 0.282 e. The molecule has 0 heterocycles. The minimum Gasteiger partial charge on any atom is -0.282 e. The van der Waals surface area contributed by atoms with E-state index in [0.29, 0.717) is 0 Å². The average molecular weight is 217 g/mol. The first-order valence-corrected chi connectivity index (χ1v) is 5.19. The van der Waals surface area contributed by atoms with Crippen LogP contribution in [-0.2, 0) is 0 Å². The lowest BCUT2D eigenvalue weighted by Gasteiger charge is -2.39. The van der Waals surface area contributed by atoms with Gasteiger partial charge in [-0.3, -0.25) is 24.9 Å². The standard InChI is InChI=1S/C10H27N5/c1-12(2)9(13(3)4)11-10(14(5)6)15(7)8/h9-11H,1-8H3. The molecular weight excluding hydrogens is 190 g/mol. The Bertz CT molecular complexity index is 133. The summed E-state index contributed by atoms with van der Waals surface area (Å²) in [6, 6.07) is 0. The van der Waals surface area contributed by atoms with Crippen LogP contribution in [0.25, 0.3) is 0 Å². The van der Waals surface area contributed by atoms with Crippen LogP contribution in [0.2, 0.25) is 0 Å². The van der Waals surface area contributed by atoms with Gasteiger partial charge in [-0.05, 0) is 56.4 Å². The van der Waals surface area contributed by atoms with Crippen LogP contribution in [0, 0.1) is 0 Å². The van der Waals surface area contributed by atoms with Gasteiger partial charge in [-0.2, -0.15) is 0 Å². The molecule has 0 aliphatic heterocycles. The second kappa shape index (κ2) is 6.40. The first kappa shape index (κ1) is 14.8. The molecule has 0 aromatic rings. The summed E-state index contributed by atoms with van der Waals surface area (Å²) in [5, 5.41) is 3.56. The van der Waals surface area contributed by atoms with E-state index in [9.17, 15) is 0 Å². The molecule has 0 amide bonds. The highest BCUT2D eigenvalue weighted by molar-refractivity contribution is 4.67. The molecular formula is C10H27N5. The van der Waals surface area contributed by atoms with Crippen molar-refractivity contribution >= 4 is 0 Å². The lowest BCUT2D eigenvalue weighted by molar-refractivity contribution is 0.00496. The third kappa shape index (κ3) is 4.90. The molecule has 0 rings (SSSR count). The third-order valence-corrected chi connectivity index (χ3v) is 2.25. The lowest BCUT2D eigenvalue weighted by Crippen LogP contribution is -2.61. The summed E-state index contributed by atoms with van der Waals surface area (Å²) in [7, 11) is 16.6. The molecule has 0 aliphatic rings. The number of hydrogen-bond donors (Lipinski definition) is 1. The van der Waals surface area contributed by atoms with Crippen LogP contribution in [0.1, 0.15) is 0 Å². The average Bonchev–Trinajstić information content (AvgIpc) is 2.01. The van der Waals surface area contributed by atoms with Crippen LogP contribution in [0.5, 0.6) is 0 Å². The summed E-state index contributed by atoms with van der Waals surface area (Å²) in [6.07, 6.45) is 0.444. The van der Waals surface area contributed by atoms with Gasteiger partial charge in [-0.15, -0.1) is 0 Å². The molecule has 0 saturated heterocycles. The summed E-state index contributed by atoms with van der Waals surface area (Å²) in [5.74, 6) is 0. The van der Waals surface area contributed by atoms with Gasteiger partial charge < -0.3 is 0 Å². The highest BCUT2D eigenvalue weighted by Crippen LogP contribution is 1.99. The SMILES string of the molecule is CN(C)C(NC(N(C)C)N(C)C)N(C)C. The van der Waals surface area contributed by atoms with Crippen molar-refractivity contribution in [3.05, 3.63) is 0 Å². The molecule has 0 unspecified atom stereocenters. The maximum atomic E-state index is 3.56. The molecule has 0 aromatic heterocycles. The van der Waals surface area contributed by atoms with Gasteiger partial charge in [0.25, 0.3) is 0 Å². The van der Waals surface area contributed by atoms with E-state index >= 15 is 0 Å². The van der Waals surface area contributed by atoms with E-state index < -0.39 is 0 Å². The second-order valence-corrected chi connectivity index (χ2v) is 4.77. The van der Waals surface area contributed by atoms with Crippen LogP contribution < -0.4 is 5.32 Å². The second-order valence-electron chi connectivity index (χ2n) is 4.77. The predicted molar refractivity (Wildman–Crippen MR) is 65.5 cm³/mol. The molecule has 92 valence electrons. The molecule has 0 spiro atoms. The Hall–Kier alpha value is -0.200. The maximum Gasteiger partial charge on any atom is 0.118 e. The van der Waals surface area contributed by atoms with Gasteiger partial charge in [-0.25, -0.2) is 0 Å². The number of rotatable bonds is 6. The third-order valence-electron chi connectivity index (χ3n) is 2.25. The van der Waals surface area contributed by atoms with Gasteiger partial charge in [0.2, 0.25) is 0 Å². The predicted octanol–water partition coefficient (Wildman–Crippen LogP) is -0.610. The molecule has 0 fully saturated rings. The summed E-state index contributed by atoms with van der Waals surface area (Å²) < 4.78 is 0. The summed E-state index contributed by atoms with van der Waals surface area (Å²) >= 11 is 0. The minimum atomic E-state index is 0.222. The number of hydrogen-bond acceptors (Lipinski definition) is 5. The highest BCUT2D eigenvalue weighted by Gasteiger charge is 2.21. The Morgan fingerprint density at radius 1 is 0.533 bits per heavy atom. The van der Waals surface area contributed by atoms with Crippen molar-refractivity contribution in [3.63, 3.8) is 0 Å². The van der Waals surface area contributed by atoms with Gasteiger partial charge in [-0.1, -0.05) is 0 Å². The van der Waals surface area contributed by atoms with Crippen molar-refractivity contribution in [1.29, 1.82) is 0 Å². The Kier molecular flexibility index (Phi) is 6.31. The minimum absolute atomic E-state index is 0.222. The van der Waals surface area contributed by atoms with Crippen LogP contribution in [0.4, 0.5) is 0 Å². The summed E-state index contributed by atoms with van der Waals surface area (Å²) in [4.78, 5) is 8.61. The van der Waals surface area contributed by atoms with Gasteiger partial charge in [0, 0.05) is 0 Å². The van der Waals surface area contributed by atoms with Crippen molar-refractivity contribution in [2.45, 2.75) is 12.6 Å². The monoisotopic (exact) mass is 217 g/mol. The highest BCUT2D eigenvalue weighted by atomic mass is 15.5. The van der Waals surface area contributed by atoms with E-state index in [1.165, 1.54) is 0 Å². The van der Waals surface area contributed by atoms with Gasteiger partial charge in [0.05, 0.1) is 0 Å². The Morgan fingerprint density at radius 2 is 0.733 bits per heavy atom. The van der Waals surface area contributed by atoms with E-state index in [1.807, 2.05) is 0 Å². The fourth-order valence-corrected chi connectivity index (χ4v) is 1.65. The van der Waals surface area contributed by atoms with E-state index in [2.05, 4.69) is 81.3 Å². The molecule has 0 aliphatic carbocycles. The van der Waals surface area contributed by atoms with Crippen LogP contribution >= 0.6 is 0 Å². The lowest BCUT2D eigenvalue weighted by atomic mass is 10.5. The molecule has 0 atom stereocenters. The molecule has 15 heavy (non-hydrogen) atoms. The van der Waals surface area contributed by atoms with Gasteiger partial charge in [0.1, 0.15) is 12.6 Å². The first-order valence-electron chi connectivity index (χ1n) is 5.19. The smallest absolute Gasteiger partial charge is 0.118 e. The van der Waals surface area contributed by atoms with Gasteiger partial charge in [0.15, 0.2) is 0 Å². The summed E-state index contributed by atoms with van der Waals surface area (Å²) in [6.45, 7) is 0. The van der Waals surface area contributed by atoms with Crippen molar-refractivity contribution < 1.29 is 0 Å². The van der Waals surface area contributed by atoms with Crippen molar-refractivity contribution in [2.75, 3.05) is 56.4 Å². The van der Waals surface area contributed by atoms with Crippen LogP contribution in [0.3, 0.4) is 0 Å². The van der Waals surface area contributed by atoms with Crippen LogP contribution in [0.15, 0.2) is 0 Å². The first-order chi connectivity index (χ1) is 6.77. The zero-order valence-electron chi connectivity index (χ0n) is 11.4. The topological polar surface area (TPSA) is 25.0 Å². The fourth-order valence-electron chi connectivity index (χ4n) is 1.65. The molecule has 0 saturated carbocycles. The molecule has 5 nitrogen and oxygen atoms in total. The molecule has 5 heteroatoms. The Labute approximate surface area is 94.6 Å². The van der Waals surface area contributed by atoms with E-state index in [1.54, 1.807) is 0 Å². The Balaban J connectivity index is 4.48. The number of nitrogens with zero attached hydrogens (tertiary/aromatic N) is 4. The van der Waals surface area contributed by atoms with E-state index in [-0.39, 0.29) is 12.6 Å². The van der Waals surface area contributed by atoms with Crippen molar-refractivity contribution in [2.24, 2.45) is 0 Å². The summed E-state index contributed by atoms with van der Waals surface area (Å²) in [5.41, 5.74) is 0. The fraction of sp³-hybridized carbons (Fsp3) is 1.00. The Morgan fingerprint density at radius 3 is 0.867 bits per heavy atom. The molecule has 1 N–H and O–H groups in total. The van der Waals surface area contributed by atoms with E-state index in [4.69, 9.17) is 0 Å². The number of nitrogens with one attached hydrogen (secondary N) is 1. The van der Waals surface area contributed by atoms with Crippen molar-refractivity contribution in [3.8, 4) is 0 Å². The molecule has 0 aromatic carbocycles. The zero-order chi connectivity index (χ0) is 12.2.